The van der Waals surface area contributed by atoms with Crippen molar-refractivity contribution in [1.82, 2.24) is 9.62 Å². The lowest BCUT2D eigenvalue weighted by atomic mass is 10.2. The Morgan fingerprint density at radius 3 is 2.79 bits per heavy atom. The molecule has 0 atom stereocenters. The Balaban J connectivity index is 2.05. The second-order valence-corrected chi connectivity index (χ2v) is 7.32. The van der Waals surface area contributed by atoms with Gasteiger partial charge in [0.25, 0.3) is 0 Å². The van der Waals surface area contributed by atoms with Gasteiger partial charge in [-0.15, -0.1) is 0 Å². The highest BCUT2D eigenvalue weighted by atomic mass is 35.5. The summed E-state index contributed by atoms with van der Waals surface area (Å²) in [4.78, 5) is -0.326. The standard InChI is InChI=1S/C12H14ClFN2O2S/c13-9-1-2-10(14)11(7-9)19(17,18)16-6-5-15-8-12(16)3-4-12/h1-2,7,15H,3-6,8H2. The first-order valence-corrected chi connectivity index (χ1v) is 7.96. The van der Waals surface area contributed by atoms with E-state index < -0.39 is 15.8 Å². The molecule has 0 radical (unpaired) electrons. The number of benzene rings is 1. The highest BCUT2D eigenvalue weighted by Crippen LogP contribution is 2.45. The van der Waals surface area contributed by atoms with Crippen LogP contribution in [-0.2, 0) is 10.0 Å². The van der Waals surface area contributed by atoms with Crippen LogP contribution in [0.2, 0.25) is 5.02 Å². The molecule has 1 aromatic carbocycles. The van der Waals surface area contributed by atoms with Crippen LogP contribution in [0.25, 0.3) is 0 Å². The summed E-state index contributed by atoms with van der Waals surface area (Å²) in [5.74, 6) is -0.751. The maximum absolute atomic E-state index is 13.8. The van der Waals surface area contributed by atoms with Gasteiger partial charge >= 0.3 is 0 Å². The Hall–Kier alpha value is -0.690. The largest absolute Gasteiger partial charge is 0.314 e. The number of rotatable bonds is 2. The number of hydrogen-bond acceptors (Lipinski definition) is 3. The van der Waals surface area contributed by atoms with E-state index >= 15 is 0 Å². The van der Waals surface area contributed by atoms with Crippen molar-refractivity contribution in [1.29, 1.82) is 0 Å². The zero-order chi connectivity index (χ0) is 13.7. The quantitative estimate of drug-likeness (QED) is 0.903. The van der Waals surface area contributed by atoms with Crippen LogP contribution < -0.4 is 5.32 Å². The van der Waals surface area contributed by atoms with Crippen LogP contribution in [0.3, 0.4) is 0 Å². The summed E-state index contributed by atoms with van der Waals surface area (Å²) < 4.78 is 40.5. The molecular weight excluding hydrogens is 291 g/mol. The summed E-state index contributed by atoms with van der Waals surface area (Å²) in [5, 5.41) is 3.41. The summed E-state index contributed by atoms with van der Waals surface area (Å²) in [6.07, 6.45) is 1.64. The van der Waals surface area contributed by atoms with E-state index in [0.717, 1.165) is 18.9 Å². The fraction of sp³-hybridized carbons (Fsp3) is 0.500. The highest BCUT2D eigenvalue weighted by molar-refractivity contribution is 7.89. The first-order chi connectivity index (χ1) is 8.96. The summed E-state index contributed by atoms with van der Waals surface area (Å²) >= 11 is 5.79. The number of sulfonamides is 1. The molecule has 0 unspecified atom stereocenters. The highest BCUT2D eigenvalue weighted by Gasteiger charge is 2.54. The Morgan fingerprint density at radius 2 is 2.11 bits per heavy atom. The molecule has 1 aromatic rings. The molecule has 1 N–H and O–H groups in total. The molecule has 1 spiro atoms. The number of nitrogens with one attached hydrogen (secondary N) is 1. The molecule has 0 amide bonds. The van der Waals surface area contributed by atoms with Crippen LogP contribution in [0.1, 0.15) is 12.8 Å². The number of nitrogens with zero attached hydrogens (tertiary/aromatic N) is 1. The molecule has 0 bridgehead atoms. The summed E-state index contributed by atoms with van der Waals surface area (Å²) in [6, 6.07) is 3.63. The second kappa shape index (κ2) is 4.41. The SMILES string of the molecule is O=S(=O)(c1cc(Cl)ccc1F)N1CCNCC12CC2. The van der Waals surface area contributed by atoms with E-state index in [4.69, 9.17) is 11.6 Å². The van der Waals surface area contributed by atoms with Gasteiger partial charge in [0.15, 0.2) is 0 Å². The summed E-state index contributed by atoms with van der Waals surface area (Å²) in [7, 11) is -3.83. The average molecular weight is 305 g/mol. The smallest absolute Gasteiger partial charge is 0.246 e. The summed E-state index contributed by atoms with van der Waals surface area (Å²) in [6.45, 7) is 1.59. The Morgan fingerprint density at radius 1 is 1.37 bits per heavy atom. The third-order valence-electron chi connectivity index (χ3n) is 3.76. The van der Waals surface area contributed by atoms with Crippen LogP contribution in [-0.4, -0.2) is 37.9 Å². The van der Waals surface area contributed by atoms with Crippen molar-refractivity contribution < 1.29 is 12.8 Å². The molecule has 1 saturated heterocycles. The van der Waals surface area contributed by atoms with Crippen molar-refractivity contribution in [2.75, 3.05) is 19.6 Å². The van der Waals surface area contributed by atoms with E-state index in [-0.39, 0.29) is 15.5 Å². The lowest BCUT2D eigenvalue weighted by molar-refractivity contribution is 0.248. The molecule has 1 aliphatic carbocycles. The molecule has 19 heavy (non-hydrogen) atoms. The van der Waals surface area contributed by atoms with E-state index in [1.54, 1.807) is 0 Å². The normalized spacial score (nSPS) is 22.6. The van der Waals surface area contributed by atoms with Crippen molar-refractivity contribution in [2.45, 2.75) is 23.3 Å². The van der Waals surface area contributed by atoms with E-state index in [1.807, 2.05) is 0 Å². The first kappa shape index (κ1) is 13.3. The Kier molecular flexibility index (Phi) is 3.09. The number of halogens is 2. The average Bonchev–Trinajstić information content (AvgIpc) is 3.12. The Bertz CT molecular complexity index is 616. The molecule has 7 heteroatoms. The van der Waals surface area contributed by atoms with Gasteiger partial charge in [-0.3, -0.25) is 0 Å². The van der Waals surface area contributed by atoms with Gasteiger partial charge in [-0.25, -0.2) is 12.8 Å². The Labute approximate surface area is 116 Å². The van der Waals surface area contributed by atoms with Gasteiger partial charge in [-0.2, -0.15) is 4.31 Å². The maximum Gasteiger partial charge on any atom is 0.246 e. The van der Waals surface area contributed by atoms with E-state index in [2.05, 4.69) is 5.32 Å². The third-order valence-corrected chi connectivity index (χ3v) is 6.02. The molecule has 1 aliphatic heterocycles. The van der Waals surface area contributed by atoms with Crippen LogP contribution >= 0.6 is 11.6 Å². The van der Waals surface area contributed by atoms with Crippen molar-refractivity contribution in [3.8, 4) is 0 Å². The van der Waals surface area contributed by atoms with Crippen LogP contribution in [0.4, 0.5) is 4.39 Å². The molecule has 1 heterocycles. The lowest BCUT2D eigenvalue weighted by Gasteiger charge is -2.35. The van der Waals surface area contributed by atoms with Gasteiger partial charge in [-0.05, 0) is 31.0 Å². The first-order valence-electron chi connectivity index (χ1n) is 6.14. The van der Waals surface area contributed by atoms with Crippen molar-refractivity contribution in [2.24, 2.45) is 0 Å². The minimum absolute atomic E-state index is 0.222. The zero-order valence-electron chi connectivity index (χ0n) is 10.2. The molecule has 1 saturated carbocycles. The predicted molar refractivity (Wildman–Crippen MR) is 70.1 cm³/mol. The van der Waals surface area contributed by atoms with Crippen molar-refractivity contribution in [3.05, 3.63) is 29.0 Å². The monoisotopic (exact) mass is 304 g/mol. The van der Waals surface area contributed by atoms with Crippen LogP contribution in [0, 0.1) is 5.82 Å². The van der Waals surface area contributed by atoms with Gasteiger partial charge in [-0.1, -0.05) is 11.6 Å². The van der Waals surface area contributed by atoms with E-state index in [1.165, 1.54) is 16.4 Å². The maximum atomic E-state index is 13.8. The molecule has 2 aliphatic rings. The fourth-order valence-electron chi connectivity index (χ4n) is 2.57. The molecule has 0 aromatic heterocycles. The number of hydrogen-bond donors (Lipinski definition) is 1. The van der Waals surface area contributed by atoms with Gasteiger partial charge in [0, 0.05) is 30.2 Å². The van der Waals surface area contributed by atoms with E-state index in [0.29, 0.717) is 19.6 Å². The molecule has 2 fully saturated rings. The zero-order valence-corrected chi connectivity index (χ0v) is 11.8. The van der Waals surface area contributed by atoms with Gasteiger partial charge in [0.2, 0.25) is 10.0 Å². The lowest BCUT2D eigenvalue weighted by Crippen LogP contribution is -2.55. The van der Waals surface area contributed by atoms with Gasteiger partial charge in [0.05, 0.1) is 0 Å². The van der Waals surface area contributed by atoms with Gasteiger partial charge in [0.1, 0.15) is 10.7 Å². The minimum atomic E-state index is -3.83. The molecule has 4 nitrogen and oxygen atoms in total. The topological polar surface area (TPSA) is 49.4 Å². The van der Waals surface area contributed by atoms with Crippen LogP contribution in [0.15, 0.2) is 23.1 Å². The molecular formula is C12H14ClFN2O2S. The van der Waals surface area contributed by atoms with Gasteiger partial charge < -0.3 is 5.32 Å². The minimum Gasteiger partial charge on any atom is -0.314 e. The van der Waals surface area contributed by atoms with E-state index in [9.17, 15) is 12.8 Å². The van der Waals surface area contributed by atoms with Crippen LogP contribution in [0.5, 0.6) is 0 Å². The predicted octanol–water partition coefficient (Wildman–Crippen LogP) is 1.61. The molecule has 104 valence electrons. The van der Waals surface area contributed by atoms with Crippen molar-refractivity contribution >= 4 is 21.6 Å². The van der Waals surface area contributed by atoms with Crippen molar-refractivity contribution in [3.63, 3.8) is 0 Å². The second-order valence-electron chi connectivity index (χ2n) is 5.05. The number of piperazine rings is 1. The molecule has 3 rings (SSSR count). The summed E-state index contributed by atoms with van der Waals surface area (Å²) in [5.41, 5.74) is -0.355. The fourth-order valence-corrected chi connectivity index (χ4v) is 4.72. The third kappa shape index (κ3) is 2.16.